The number of hydrogen-bond acceptors (Lipinski definition) is 3. The quantitative estimate of drug-likeness (QED) is 0.875. The van der Waals surface area contributed by atoms with Gasteiger partial charge in [-0.05, 0) is 61.2 Å². The monoisotopic (exact) mass is 301 g/mol. The lowest BCUT2D eigenvalue weighted by atomic mass is 9.87. The van der Waals surface area contributed by atoms with E-state index in [1.807, 2.05) is 11.3 Å². The Kier molecular flexibility index (Phi) is 4.94. The van der Waals surface area contributed by atoms with Crippen molar-refractivity contribution >= 4 is 11.3 Å². The Balaban J connectivity index is 1.56. The van der Waals surface area contributed by atoms with E-state index in [-0.39, 0.29) is 0 Å². The molecule has 2 nitrogen and oxygen atoms in total. The lowest BCUT2D eigenvalue weighted by molar-refractivity contribution is 0.332. The first kappa shape index (κ1) is 14.6. The Morgan fingerprint density at radius 2 is 2.24 bits per heavy atom. The molecule has 0 radical (unpaired) electrons. The molecule has 1 aliphatic carbocycles. The van der Waals surface area contributed by atoms with Crippen LogP contribution in [0.15, 0.2) is 35.7 Å². The number of rotatable bonds is 6. The highest BCUT2D eigenvalue weighted by molar-refractivity contribution is 7.09. The van der Waals surface area contributed by atoms with Crippen molar-refractivity contribution in [3.8, 4) is 5.75 Å². The smallest absolute Gasteiger partial charge is 0.122 e. The van der Waals surface area contributed by atoms with Crippen molar-refractivity contribution in [3.63, 3.8) is 0 Å². The lowest BCUT2D eigenvalue weighted by Gasteiger charge is -2.27. The van der Waals surface area contributed by atoms with Crippen LogP contribution in [-0.2, 0) is 19.3 Å². The molecule has 1 aromatic heterocycles. The van der Waals surface area contributed by atoms with Crippen molar-refractivity contribution in [1.82, 2.24) is 5.32 Å². The third-order valence-electron chi connectivity index (χ3n) is 4.12. The molecule has 112 valence electrons. The molecule has 1 aliphatic rings. The van der Waals surface area contributed by atoms with Crippen LogP contribution < -0.4 is 10.1 Å². The second-order valence-corrected chi connectivity index (χ2v) is 6.58. The van der Waals surface area contributed by atoms with Crippen LogP contribution in [0.3, 0.4) is 0 Å². The van der Waals surface area contributed by atoms with E-state index >= 15 is 0 Å². The third-order valence-corrected chi connectivity index (χ3v) is 5.06. The summed E-state index contributed by atoms with van der Waals surface area (Å²) >= 11 is 1.85. The summed E-state index contributed by atoms with van der Waals surface area (Å²) in [4.78, 5) is 1.47. The number of benzene rings is 1. The van der Waals surface area contributed by atoms with E-state index < -0.39 is 0 Å². The first-order chi connectivity index (χ1) is 10.4. The van der Waals surface area contributed by atoms with Crippen molar-refractivity contribution in [2.24, 2.45) is 0 Å². The van der Waals surface area contributed by atoms with E-state index in [4.69, 9.17) is 4.74 Å². The zero-order valence-corrected chi connectivity index (χ0v) is 13.4. The second kappa shape index (κ2) is 7.10. The zero-order valence-electron chi connectivity index (χ0n) is 12.6. The third kappa shape index (κ3) is 3.66. The summed E-state index contributed by atoms with van der Waals surface area (Å²) in [5.74, 6) is 1.09. The number of hydrogen-bond donors (Lipinski definition) is 1. The van der Waals surface area contributed by atoms with Crippen LogP contribution in [-0.4, -0.2) is 19.2 Å². The minimum Gasteiger partial charge on any atom is -0.494 e. The van der Waals surface area contributed by atoms with Crippen LogP contribution in [0, 0.1) is 0 Å². The minimum atomic E-state index is 0.606. The normalized spacial score (nSPS) is 17.5. The maximum absolute atomic E-state index is 5.75. The van der Waals surface area contributed by atoms with Gasteiger partial charge in [-0.15, -0.1) is 11.3 Å². The number of ether oxygens (including phenoxy) is 1. The standard InChI is InChI=1S/C18H23NOS/c1-2-20-18-7-3-5-14-13-15(8-9-17(14)18)19-11-10-16-6-4-12-21-16/h3-7,12,15,19H,2,8-11,13H2,1H3/t15-/m0/s1. The van der Waals surface area contributed by atoms with Gasteiger partial charge in [0.2, 0.25) is 0 Å². The fourth-order valence-electron chi connectivity index (χ4n) is 3.09. The molecule has 0 bridgehead atoms. The summed E-state index contributed by atoms with van der Waals surface area (Å²) in [6.07, 6.45) is 4.60. The zero-order chi connectivity index (χ0) is 14.5. The van der Waals surface area contributed by atoms with Gasteiger partial charge in [0.25, 0.3) is 0 Å². The second-order valence-electron chi connectivity index (χ2n) is 5.55. The molecule has 0 fully saturated rings. The Morgan fingerprint density at radius 3 is 3.05 bits per heavy atom. The molecule has 3 rings (SSSR count). The molecule has 0 saturated heterocycles. The lowest BCUT2D eigenvalue weighted by Crippen LogP contribution is -2.35. The molecule has 0 saturated carbocycles. The van der Waals surface area contributed by atoms with Crippen LogP contribution in [0.2, 0.25) is 0 Å². The molecule has 3 heteroatoms. The van der Waals surface area contributed by atoms with Gasteiger partial charge in [-0.3, -0.25) is 0 Å². The average molecular weight is 301 g/mol. The summed E-state index contributed by atoms with van der Waals surface area (Å²) in [7, 11) is 0. The summed E-state index contributed by atoms with van der Waals surface area (Å²) in [6, 6.07) is 11.4. The molecule has 0 spiro atoms. The van der Waals surface area contributed by atoms with Crippen molar-refractivity contribution in [2.75, 3.05) is 13.2 Å². The van der Waals surface area contributed by atoms with E-state index in [1.54, 1.807) is 0 Å². The fourth-order valence-corrected chi connectivity index (χ4v) is 3.80. The first-order valence-corrected chi connectivity index (χ1v) is 8.74. The molecule has 1 heterocycles. The molecule has 0 unspecified atom stereocenters. The van der Waals surface area contributed by atoms with Gasteiger partial charge in [0, 0.05) is 17.5 Å². The maximum Gasteiger partial charge on any atom is 0.122 e. The summed E-state index contributed by atoms with van der Waals surface area (Å²) in [6.45, 7) is 3.88. The maximum atomic E-state index is 5.75. The molecule has 1 atom stereocenters. The molecule has 0 aliphatic heterocycles. The largest absolute Gasteiger partial charge is 0.494 e. The van der Waals surface area contributed by atoms with E-state index in [1.165, 1.54) is 22.4 Å². The van der Waals surface area contributed by atoms with E-state index in [9.17, 15) is 0 Å². The first-order valence-electron chi connectivity index (χ1n) is 7.86. The molecule has 1 aromatic carbocycles. The van der Waals surface area contributed by atoms with E-state index in [0.29, 0.717) is 6.04 Å². The topological polar surface area (TPSA) is 21.3 Å². The van der Waals surface area contributed by atoms with Gasteiger partial charge in [-0.2, -0.15) is 0 Å². The van der Waals surface area contributed by atoms with E-state index in [0.717, 1.165) is 38.2 Å². The van der Waals surface area contributed by atoms with Crippen LogP contribution in [0.1, 0.15) is 29.3 Å². The van der Waals surface area contributed by atoms with Gasteiger partial charge in [0.1, 0.15) is 5.75 Å². The van der Waals surface area contributed by atoms with Gasteiger partial charge in [-0.1, -0.05) is 18.2 Å². The van der Waals surface area contributed by atoms with Crippen molar-refractivity contribution in [3.05, 3.63) is 51.7 Å². The Bertz CT molecular complexity index is 565. The van der Waals surface area contributed by atoms with Gasteiger partial charge >= 0.3 is 0 Å². The van der Waals surface area contributed by atoms with Crippen molar-refractivity contribution in [1.29, 1.82) is 0 Å². The highest BCUT2D eigenvalue weighted by Gasteiger charge is 2.20. The molecule has 2 aromatic rings. The summed E-state index contributed by atoms with van der Waals surface area (Å²) in [5.41, 5.74) is 2.89. The van der Waals surface area contributed by atoms with Crippen molar-refractivity contribution in [2.45, 2.75) is 38.6 Å². The van der Waals surface area contributed by atoms with Crippen molar-refractivity contribution < 1.29 is 4.74 Å². The molecule has 0 amide bonds. The predicted molar refractivity (Wildman–Crippen MR) is 89.4 cm³/mol. The van der Waals surface area contributed by atoms with Gasteiger partial charge in [-0.25, -0.2) is 0 Å². The summed E-state index contributed by atoms with van der Waals surface area (Å²) < 4.78 is 5.75. The Hall–Kier alpha value is -1.32. The number of thiophene rings is 1. The van der Waals surface area contributed by atoms with Crippen LogP contribution >= 0.6 is 11.3 Å². The molecule has 1 N–H and O–H groups in total. The highest BCUT2D eigenvalue weighted by atomic mass is 32.1. The SMILES string of the molecule is CCOc1cccc2c1CC[C@H](NCCc1cccs1)C2. The van der Waals surface area contributed by atoms with Gasteiger partial charge in [0.05, 0.1) is 6.61 Å². The van der Waals surface area contributed by atoms with Crippen LogP contribution in [0.25, 0.3) is 0 Å². The minimum absolute atomic E-state index is 0.606. The van der Waals surface area contributed by atoms with E-state index in [2.05, 4.69) is 48.0 Å². The summed E-state index contributed by atoms with van der Waals surface area (Å²) in [5, 5.41) is 5.87. The number of fused-ring (bicyclic) bond motifs is 1. The Labute approximate surface area is 131 Å². The molecular formula is C18H23NOS. The molecular weight excluding hydrogens is 278 g/mol. The molecule has 21 heavy (non-hydrogen) atoms. The average Bonchev–Trinajstić information content (AvgIpc) is 3.01. The predicted octanol–water partition coefficient (Wildman–Crippen LogP) is 3.84. The van der Waals surface area contributed by atoms with Crippen LogP contribution in [0.5, 0.6) is 5.75 Å². The number of nitrogens with one attached hydrogen (secondary N) is 1. The highest BCUT2D eigenvalue weighted by Crippen LogP contribution is 2.29. The van der Waals surface area contributed by atoms with Gasteiger partial charge < -0.3 is 10.1 Å². The van der Waals surface area contributed by atoms with Gasteiger partial charge in [0.15, 0.2) is 0 Å². The van der Waals surface area contributed by atoms with Crippen LogP contribution in [0.4, 0.5) is 0 Å². The Morgan fingerprint density at radius 1 is 1.29 bits per heavy atom. The fraction of sp³-hybridized carbons (Fsp3) is 0.444.